The van der Waals surface area contributed by atoms with Gasteiger partial charge in [-0.1, -0.05) is 24.6 Å². The molecule has 0 radical (unpaired) electrons. The molecule has 2 aromatic rings. The summed E-state index contributed by atoms with van der Waals surface area (Å²) in [5.74, 6) is 0. The third-order valence-electron chi connectivity index (χ3n) is 2.63. The SMILES string of the molecule is CCc1c[nH]c(=S)n1-c1ccc(C)c(Cl)c1. The van der Waals surface area contributed by atoms with E-state index in [0.29, 0.717) is 4.77 Å². The second-order valence-corrected chi connectivity index (χ2v) is 4.50. The van der Waals surface area contributed by atoms with E-state index < -0.39 is 0 Å². The Morgan fingerprint density at radius 1 is 1.44 bits per heavy atom. The molecule has 0 atom stereocenters. The van der Waals surface area contributed by atoms with Crippen LogP contribution in [0, 0.1) is 11.7 Å². The predicted molar refractivity (Wildman–Crippen MR) is 70.1 cm³/mol. The molecular formula is C12H13ClN2S. The van der Waals surface area contributed by atoms with E-state index in [-0.39, 0.29) is 0 Å². The van der Waals surface area contributed by atoms with Gasteiger partial charge in [-0.15, -0.1) is 0 Å². The van der Waals surface area contributed by atoms with Crippen LogP contribution < -0.4 is 0 Å². The van der Waals surface area contributed by atoms with Crippen LogP contribution in [0.1, 0.15) is 18.2 Å². The zero-order chi connectivity index (χ0) is 11.7. The summed E-state index contributed by atoms with van der Waals surface area (Å²) in [5.41, 5.74) is 3.24. The maximum absolute atomic E-state index is 6.12. The van der Waals surface area contributed by atoms with Crippen molar-refractivity contribution in [1.82, 2.24) is 9.55 Å². The number of aryl methyl sites for hydroxylation is 2. The number of H-pyrrole nitrogens is 1. The molecule has 4 heteroatoms. The number of benzene rings is 1. The van der Waals surface area contributed by atoms with Crippen LogP contribution in [0.5, 0.6) is 0 Å². The van der Waals surface area contributed by atoms with E-state index >= 15 is 0 Å². The lowest BCUT2D eigenvalue weighted by Crippen LogP contribution is -1.99. The highest BCUT2D eigenvalue weighted by atomic mass is 35.5. The first kappa shape index (κ1) is 11.4. The third kappa shape index (κ3) is 1.93. The van der Waals surface area contributed by atoms with Crippen molar-refractivity contribution in [3.05, 3.63) is 45.4 Å². The second kappa shape index (κ2) is 4.44. The van der Waals surface area contributed by atoms with Crippen LogP contribution in [0.15, 0.2) is 24.4 Å². The molecule has 0 aliphatic heterocycles. The average molecular weight is 253 g/mol. The molecule has 0 amide bonds. The summed E-state index contributed by atoms with van der Waals surface area (Å²) >= 11 is 11.4. The van der Waals surface area contributed by atoms with Crippen LogP contribution in [0.25, 0.3) is 5.69 Å². The van der Waals surface area contributed by atoms with Crippen molar-refractivity contribution in [2.24, 2.45) is 0 Å². The van der Waals surface area contributed by atoms with Crippen molar-refractivity contribution in [3.63, 3.8) is 0 Å². The quantitative estimate of drug-likeness (QED) is 0.800. The minimum absolute atomic E-state index is 0.705. The lowest BCUT2D eigenvalue weighted by atomic mass is 10.2. The Morgan fingerprint density at radius 3 is 2.81 bits per heavy atom. The number of imidazole rings is 1. The van der Waals surface area contributed by atoms with Gasteiger partial charge in [-0.05, 0) is 43.3 Å². The molecule has 1 aromatic heterocycles. The van der Waals surface area contributed by atoms with Gasteiger partial charge < -0.3 is 4.98 Å². The van der Waals surface area contributed by atoms with Crippen molar-refractivity contribution in [1.29, 1.82) is 0 Å². The summed E-state index contributed by atoms with van der Waals surface area (Å²) in [4.78, 5) is 3.06. The Kier molecular flexibility index (Phi) is 3.17. The van der Waals surface area contributed by atoms with E-state index in [2.05, 4.69) is 11.9 Å². The standard InChI is InChI=1S/C12H13ClN2S/c1-3-9-7-14-12(16)15(9)10-5-4-8(2)11(13)6-10/h4-7H,3H2,1-2H3,(H,14,16). The largest absolute Gasteiger partial charge is 0.337 e. The molecule has 1 aromatic carbocycles. The van der Waals surface area contributed by atoms with Gasteiger partial charge in [0.15, 0.2) is 4.77 Å². The topological polar surface area (TPSA) is 20.7 Å². The van der Waals surface area contributed by atoms with Gasteiger partial charge in [0, 0.05) is 22.6 Å². The smallest absolute Gasteiger partial charge is 0.182 e. The second-order valence-electron chi connectivity index (χ2n) is 3.71. The number of rotatable bonds is 2. The van der Waals surface area contributed by atoms with E-state index in [9.17, 15) is 0 Å². The number of nitrogens with one attached hydrogen (secondary N) is 1. The Labute approximate surface area is 105 Å². The Balaban J connectivity index is 2.62. The zero-order valence-corrected chi connectivity index (χ0v) is 10.8. The first-order valence-electron chi connectivity index (χ1n) is 5.19. The maximum Gasteiger partial charge on any atom is 0.182 e. The number of halogens is 1. The fraction of sp³-hybridized carbons (Fsp3) is 0.250. The minimum Gasteiger partial charge on any atom is -0.337 e. The molecule has 84 valence electrons. The van der Waals surface area contributed by atoms with Crippen LogP contribution in [-0.2, 0) is 6.42 Å². The normalized spacial score (nSPS) is 10.7. The summed E-state index contributed by atoms with van der Waals surface area (Å²) in [6, 6.07) is 5.98. The van der Waals surface area contributed by atoms with Crippen LogP contribution >= 0.6 is 23.8 Å². The van der Waals surface area contributed by atoms with Gasteiger partial charge in [0.05, 0.1) is 0 Å². The molecule has 1 heterocycles. The summed E-state index contributed by atoms with van der Waals surface area (Å²) in [5, 5.41) is 0.766. The number of aromatic nitrogens is 2. The molecule has 0 aliphatic carbocycles. The average Bonchev–Trinajstić information content (AvgIpc) is 2.64. The summed E-state index contributed by atoms with van der Waals surface area (Å²) < 4.78 is 2.72. The Bertz CT molecular complexity index is 569. The fourth-order valence-electron chi connectivity index (χ4n) is 1.67. The molecule has 0 fully saturated rings. The zero-order valence-electron chi connectivity index (χ0n) is 9.25. The van der Waals surface area contributed by atoms with E-state index in [0.717, 1.165) is 28.4 Å². The van der Waals surface area contributed by atoms with Crippen molar-refractivity contribution in [3.8, 4) is 5.69 Å². The lowest BCUT2D eigenvalue weighted by molar-refractivity contribution is 0.921. The highest BCUT2D eigenvalue weighted by Gasteiger charge is 2.05. The molecule has 2 nitrogen and oxygen atoms in total. The number of nitrogens with zero attached hydrogens (tertiary/aromatic N) is 1. The van der Waals surface area contributed by atoms with Crippen molar-refractivity contribution in [2.75, 3.05) is 0 Å². The van der Waals surface area contributed by atoms with Gasteiger partial charge in [-0.25, -0.2) is 0 Å². The fourth-order valence-corrected chi connectivity index (χ4v) is 2.13. The summed E-state index contributed by atoms with van der Waals surface area (Å²) in [7, 11) is 0. The van der Waals surface area contributed by atoms with Crippen molar-refractivity contribution < 1.29 is 0 Å². The third-order valence-corrected chi connectivity index (χ3v) is 3.34. The molecule has 0 aliphatic rings. The van der Waals surface area contributed by atoms with Gasteiger partial charge in [0.1, 0.15) is 0 Å². The maximum atomic E-state index is 6.12. The molecule has 0 saturated carbocycles. The Hall–Kier alpha value is -1.06. The van der Waals surface area contributed by atoms with Crippen LogP contribution in [0.2, 0.25) is 5.02 Å². The van der Waals surface area contributed by atoms with Crippen LogP contribution in [0.3, 0.4) is 0 Å². The summed E-state index contributed by atoms with van der Waals surface area (Å²) in [6.07, 6.45) is 2.87. The lowest BCUT2D eigenvalue weighted by Gasteiger charge is -2.08. The van der Waals surface area contributed by atoms with Crippen LogP contribution in [-0.4, -0.2) is 9.55 Å². The first-order chi connectivity index (χ1) is 7.63. The van der Waals surface area contributed by atoms with E-state index in [4.69, 9.17) is 23.8 Å². The molecule has 16 heavy (non-hydrogen) atoms. The van der Waals surface area contributed by atoms with Gasteiger partial charge in [-0.3, -0.25) is 4.57 Å². The highest BCUT2D eigenvalue weighted by Crippen LogP contribution is 2.21. The van der Waals surface area contributed by atoms with E-state index in [1.807, 2.05) is 35.9 Å². The first-order valence-corrected chi connectivity index (χ1v) is 5.98. The molecule has 0 bridgehead atoms. The molecule has 2 rings (SSSR count). The van der Waals surface area contributed by atoms with Gasteiger partial charge >= 0.3 is 0 Å². The summed E-state index contributed by atoms with van der Waals surface area (Å²) in [6.45, 7) is 4.09. The van der Waals surface area contributed by atoms with E-state index in [1.54, 1.807) is 0 Å². The molecule has 0 saturated heterocycles. The van der Waals surface area contributed by atoms with Gasteiger partial charge in [0.2, 0.25) is 0 Å². The predicted octanol–water partition coefficient (Wildman–Crippen LogP) is 4.06. The van der Waals surface area contributed by atoms with Crippen molar-refractivity contribution in [2.45, 2.75) is 20.3 Å². The molecular weight excluding hydrogens is 240 g/mol. The van der Waals surface area contributed by atoms with E-state index in [1.165, 1.54) is 0 Å². The molecule has 1 N–H and O–H groups in total. The van der Waals surface area contributed by atoms with Gasteiger partial charge in [0.25, 0.3) is 0 Å². The van der Waals surface area contributed by atoms with Gasteiger partial charge in [-0.2, -0.15) is 0 Å². The molecule has 0 unspecified atom stereocenters. The monoisotopic (exact) mass is 252 g/mol. The number of aromatic amines is 1. The van der Waals surface area contributed by atoms with Crippen molar-refractivity contribution >= 4 is 23.8 Å². The Morgan fingerprint density at radius 2 is 2.19 bits per heavy atom. The van der Waals surface area contributed by atoms with Crippen LogP contribution in [0.4, 0.5) is 0 Å². The molecule has 0 spiro atoms. The number of hydrogen-bond donors (Lipinski definition) is 1. The number of hydrogen-bond acceptors (Lipinski definition) is 1. The highest BCUT2D eigenvalue weighted by molar-refractivity contribution is 7.71. The minimum atomic E-state index is 0.705.